The highest BCUT2D eigenvalue weighted by molar-refractivity contribution is 7.18. The van der Waals surface area contributed by atoms with Crippen molar-refractivity contribution < 1.29 is 23.1 Å². The minimum atomic E-state index is -4.29. The number of rotatable bonds is 7. The van der Waals surface area contributed by atoms with Crippen LogP contribution in [0.2, 0.25) is 0 Å². The second-order valence-corrected chi connectivity index (χ2v) is 16.2. The van der Waals surface area contributed by atoms with Gasteiger partial charge in [0.1, 0.15) is 28.7 Å². The Hall–Kier alpha value is -3.99. The van der Waals surface area contributed by atoms with E-state index < -0.39 is 40.6 Å². The zero-order valence-corrected chi connectivity index (χ0v) is 29.7. The molecule has 1 amide bonds. The number of aliphatic hydroxyl groups excluding tert-OH is 1. The largest absolute Gasteiger partial charge is 0.393 e. The molecule has 0 aromatic carbocycles. The molecule has 2 aliphatic carbocycles. The van der Waals surface area contributed by atoms with Gasteiger partial charge in [-0.2, -0.15) is 18.4 Å². The smallest absolute Gasteiger partial charge is 0.390 e. The number of anilines is 1. The number of thiophene rings is 1. The topological polar surface area (TPSA) is 117 Å². The van der Waals surface area contributed by atoms with Crippen LogP contribution in [0.5, 0.6) is 0 Å². The quantitative estimate of drug-likeness (QED) is 0.245. The fraction of sp³-hybridized carbons (Fsp3) is 0.514. The van der Waals surface area contributed by atoms with Gasteiger partial charge in [0, 0.05) is 47.9 Å². The van der Waals surface area contributed by atoms with Gasteiger partial charge in [0.05, 0.1) is 29.0 Å². The molecule has 2 fully saturated rings. The molecule has 0 bridgehead atoms. The highest BCUT2D eigenvalue weighted by atomic mass is 32.1. The molecule has 5 heterocycles. The van der Waals surface area contributed by atoms with Crippen molar-refractivity contribution in [1.29, 1.82) is 5.26 Å². The Kier molecular flexibility index (Phi) is 7.94. The van der Waals surface area contributed by atoms with Crippen molar-refractivity contribution in [3.63, 3.8) is 0 Å². The van der Waals surface area contributed by atoms with Crippen LogP contribution >= 0.6 is 11.3 Å². The predicted molar refractivity (Wildman–Crippen MR) is 187 cm³/mol. The third kappa shape index (κ3) is 5.13. The highest BCUT2D eigenvalue weighted by Gasteiger charge is 2.65. The Labute approximate surface area is 293 Å². The van der Waals surface area contributed by atoms with E-state index in [1.807, 2.05) is 30.1 Å². The Morgan fingerprint density at radius 1 is 1.20 bits per heavy atom. The number of likely N-dealkylation sites (tertiary alicyclic amines) is 1. The molecule has 5 aliphatic rings. The molecule has 7 rings (SSSR count). The summed E-state index contributed by atoms with van der Waals surface area (Å²) in [5.74, 6) is 0.249. The number of fused-ring (bicyclic) bond motifs is 1. The lowest BCUT2D eigenvalue weighted by molar-refractivity contribution is -0.126. The lowest BCUT2D eigenvalue weighted by Crippen LogP contribution is -2.67. The van der Waals surface area contributed by atoms with Crippen LogP contribution in [0, 0.1) is 22.2 Å². The van der Waals surface area contributed by atoms with Gasteiger partial charge in [0.15, 0.2) is 0 Å². The van der Waals surface area contributed by atoms with E-state index in [9.17, 15) is 28.3 Å². The van der Waals surface area contributed by atoms with Crippen LogP contribution < -0.4 is 10.6 Å². The summed E-state index contributed by atoms with van der Waals surface area (Å²) >= 11 is 1.04. The molecule has 9 nitrogen and oxygen atoms in total. The van der Waals surface area contributed by atoms with Crippen LogP contribution in [-0.4, -0.2) is 86.4 Å². The molecule has 2 saturated heterocycles. The second-order valence-electron chi connectivity index (χ2n) is 15.1. The van der Waals surface area contributed by atoms with E-state index >= 15 is 0 Å². The summed E-state index contributed by atoms with van der Waals surface area (Å²) in [6.45, 7) is 16.7. The number of hydrogen-bond donors (Lipinski definition) is 3. The first-order valence-electron chi connectivity index (χ1n) is 17.0. The van der Waals surface area contributed by atoms with E-state index in [0.29, 0.717) is 34.8 Å². The maximum Gasteiger partial charge on any atom is 0.393 e. The van der Waals surface area contributed by atoms with E-state index in [2.05, 4.69) is 65.8 Å². The van der Waals surface area contributed by atoms with Gasteiger partial charge in [-0.15, -0.1) is 11.3 Å². The van der Waals surface area contributed by atoms with Crippen LogP contribution in [0.25, 0.3) is 10.2 Å². The summed E-state index contributed by atoms with van der Waals surface area (Å²) in [5, 5.41) is 29.3. The lowest BCUT2D eigenvalue weighted by Gasteiger charge is -2.63. The van der Waals surface area contributed by atoms with Crippen LogP contribution in [0.3, 0.4) is 0 Å². The molecule has 2 aromatic rings. The number of alkyl halides is 3. The molecule has 5 unspecified atom stereocenters. The predicted octanol–water partition coefficient (Wildman–Crippen LogP) is 5.80. The number of halogens is 3. The number of aliphatic hydroxyl groups is 1. The van der Waals surface area contributed by atoms with Crippen molar-refractivity contribution in [3.8, 4) is 6.07 Å². The van der Waals surface area contributed by atoms with Gasteiger partial charge in [0.25, 0.3) is 0 Å². The number of hydrogen-bond acceptors (Lipinski definition) is 9. The average Bonchev–Trinajstić information content (AvgIpc) is 3.59. The number of amides is 1. The molecule has 13 heteroatoms. The molecule has 5 atom stereocenters. The number of β-amino-alcohol motifs (C(OH)–C–C–N with tert-alkyl or cyclic N) is 1. The summed E-state index contributed by atoms with van der Waals surface area (Å²) in [4.78, 5) is 26.8. The molecule has 0 saturated carbocycles. The molecule has 264 valence electrons. The van der Waals surface area contributed by atoms with E-state index in [1.165, 1.54) is 12.4 Å². The van der Waals surface area contributed by atoms with Gasteiger partial charge in [-0.05, 0) is 75.5 Å². The number of aromatic nitrogens is 2. The third-order valence-electron chi connectivity index (χ3n) is 11.9. The van der Waals surface area contributed by atoms with E-state index in [-0.39, 0.29) is 16.8 Å². The Morgan fingerprint density at radius 3 is 2.58 bits per heavy atom. The number of nitrogens with zero attached hydrogens (tertiary/aromatic N) is 5. The average molecular weight is 706 g/mol. The van der Waals surface area contributed by atoms with Crippen molar-refractivity contribution in [2.45, 2.75) is 83.3 Å². The molecular weight excluding hydrogens is 664 g/mol. The number of carbonyl (C=O) groups is 1. The molecule has 50 heavy (non-hydrogen) atoms. The van der Waals surface area contributed by atoms with Crippen LogP contribution in [0.15, 0.2) is 71.3 Å². The first kappa shape index (κ1) is 34.5. The van der Waals surface area contributed by atoms with Crippen molar-refractivity contribution in [1.82, 2.24) is 25.1 Å². The number of nitriles is 1. The summed E-state index contributed by atoms with van der Waals surface area (Å²) in [6.07, 6.45) is 4.20. The molecule has 0 radical (unpaired) electrons. The Morgan fingerprint density at radius 2 is 1.92 bits per heavy atom. The van der Waals surface area contributed by atoms with Crippen molar-refractivity contribution in [3.05, 3.63) is 76.1 Å². The number of nitrogens with one attached hydrogen (secondary N) is 2. The minimum absolute atomic E-state index is 0.0651. The maximum atomic E-state index is 13.1. The van der Waals surface area contributed by atoms with Gasteiger partial charge in [-0.3, -0.25) is 4.79 Å². The lowest BCUT2D eigenvalue weighted by atomic mass is 9.49. The molecule has 3 aliphatic heterocycles. The van der Waals surface area contributed by atoms with E-state index in [1.54, 1.807) is 6.07 Å². The summed E-state index contributed by atoms with van der Waals surface area (Å²) < 4.78 is 39.3. The normalized spacial score (nSPS) is 32.6. The van der Waals surface area contributed by atoms with E-state index in [4.69, 9.17) is 0 Å². The van der Waals surface area contributed by atoms with Crippen molar-refractivity contribution in [2.75, 3.05) is 31.5 Å². The second kappa shape index (κ2) is 11.5. The standard InChI is InChI=1S/C37H42F3N7O2S/c1-7-28(49)45-35(5)11-10-33(3)27(48)18-47-23(17-41)14-26-21(2)34(4,29(35)30(33)36(26,47)6)19-46-12-8-22(9-13-46)44-31-25-15-24(16-37(38,39)40)50-32(25)43-20-42-31/h7,10-11,14-15,20,22,27,48H,1,8-9,12-13,16,18-19H2,2-6H3,(H,45,49)(H,42,43,44). The fourth-order valence-corrected chi connectivity index (χ4v) is 10.5. The maximum absolute atomic E-state index is 13.1. The van der Waals surface area contributed by atoms with E-state index in [0.717, 1.165) is 59.6 Å². The molecule has 0 spiro atoms. The number of piperidine rings is 2. The van der Waals surface area contributed by atoms with Gasteiger partial charge in [-0.25, -0.2) is 9.97 Å². The Balaban J connectivity index is 1.21. The SMILES string of the molecule is C=CC(=O)NC1(C)C=CC2(C)C3=C1C(C)(CN1CCC(Nc4ncnc5sc(CC(F)(F)F)cc45)CC1)C(C)=C1C=C(C#N)N(CC2O)C13C. The minimum Gasteiger partial charge on any atom is -0.390 e. The number of allylic oxidation sites excluding steroid dienone is 1. The number of carbonyl (C=O) groups excluding carboxylic acids is 1. The van der Waals surface area contributed by atoms with Crippen LogP contribution in [0.4, 0.5) is 19.0 Å². The zero-order valence-electron chi connectivity index (χ0n) is 28.9. The van der Waals surface area contributed by atoms with Gasteiger partial charge < -0.3 is 25.5 Å². The molecular formula is C37H42F3N7O2S. The first-order valence-corrected chi connectivity index (χ1v) is 17.8. The molecule has 3 N–H and O–H groups in total. The summed E-state index contributed by atoms with van der Waals surface area (Å²) in [7, 11) is 0. The zero-order chi connectivity index (χ0) is 36.0. The van der Waals surface area contributed by atoms with Crippen LogP contribution in [-0.2, 0) is 11.2 Å². The van der Waals surface area contributed by atoms with Gasteiger partial charge in [-0.1, -0.05) is 31.2 Å². The van der Waals surface area contributed by atoms with Gasteiger partial charge >= 0.3 is 6.18 Å². The van der Waals surface area contributed by atoms with Crippen molar-refractivity contribution >= 4 is 33.3 Å². The van der Waals surface area contributed by atoms with Crippen molar-refractivity contribution in [2.24, 2.45) is 10.8 Å². The third-order valence-corrected chi connectivity index (χ3v) is 13.0. The molecule has 2 aromatic heterocycles. The Bertz CT molecular complexity index is 1970. The summed E-state index contributed by atoms with van der Waals surface area (Å²) in [6, 6.07) is 3.99. The first-order chi connectivity index (χ1) is 23.5. The fourth-order valence-electron chi connectivity index (χ4n) is 9.43. The van der Waals surface area contributed by atoms with Gasteiger partial charge in [0.2, 0.25) is 5.91 Å². The highest BCUT2D eigenvalue weighted by Crippen LogP contribution is 2.65. The van der Waals surface area contributed by atoms with Crippen LogP contribution in [0.1, 0.15) is 52.3 Å². The summed E-state index contributed by atoms with van der Waals surface area (Å²) in [5.41, 5.74) is 1.86. The monoisotopic (exact) mass is 705 g/mol.